The molecule has 2 rings (SSSR count). The van der Waals surface area contributed by atoms with Gasteiger partial charge in [0.05, 0.1) is 23.9 Å². The molecule has 5 nitrogen and oxygen atoms in total. The number of nitrogens with one attached hydrogen (secondary N) is 1. The topological polar surface area (TPSA) is 70.7 Å². The van der Waals surface area contributed by atoms with Crippen molar-refractivity contribution in [3.05, 3.63) is 48.3 Å². The van der Waals surface area contributed by atoms with Crippen molar-refractivity contribution in [2.24, 2.45) is 0 Å². The molecule has 0 fully saturated rings. The smallest absolute Gasteiger partial charge is 0.227 e. The highest BCUT2D eigenvalue weighted by atomic mass is 16.1. The average molecular weight is 268 g/mol. The van der Waals surface area contributed by atoms with Gasteiger partial charge in [-0.2, -0.15) is 10.4 Å². The number of hydrogen-bond acceptors (Lipinski definition) is 3. The number of amides is 1. The number of hydrogen-bond donors (Lipinski definition) is 1. The first kappa shape index (κ1) is 13.8. The molecule has 5 heteroatoms. The van der Waals surface area contributed by atoms with Gasteiger partial charge in [0.2, 0.25) is 5.91 Å². The van der Waals surface area contributed by atoms with E-state index in [0.29, 0.717) is 5.69 Å². The highest BCUT2D eigenvalue weighted by molar-refractivity contribution is 5.79. The van der Waals surface area contributed by atoms with E-state index in [1.165, 1.54) is 0 Å². The third-order valence-electron chi connectivity index (χ3n) is 2.74. The first-order valence-corrected chi connectivity index (χ1v) is 6.32. The Bertz CT molecular complexity index is 637. The van der Waals surface area contributed by atoms with Crippen LogP contribution in [0.3, 0.4) is 0 Å². The van der Waals surface area contributed by atoms with Gasteiger partial charge in [-0.15, -0.1) is 0 Å². The molecule has 0 spiro atoms. The maximum absolute atomic E-state index is 11.8. The lowest BCUT2D eigenvalue weighted by Gasteiger charge is -2.16. The minimum Gasteiger partial charge on any atom is -0.338 e. The van der Waals surface area contributed by atoms with E-state index in [-0.39, 0.29) is 12.3 Å². The van der Waals surface area contributed by atoms with Crippen molar-refractivity contribution >= 4 is 5.91 Å². The lowest BCUT2D eigenvalue weighted by Crippen LogP contribution is -2.42. The Balaban J connectivity index is 2.04. The number of para-hydroxylation sites is 1. The molecule has 0 aliphatic rings. The zero-order chi connectivity index (χ0) is 14.6. The molecule has 2 aromatic rings. The largest absolute Gasteiger partial charge is 0.338 e. The van der Waals surface area contributed by atoms with Gasteiger partial charge in [0.25, 0.3) is 0 Å². The number of benzene rings is 1. The fourth-order valence-corrected chi connectivity index (χ4v) is 1.77. The summed E-state index contributed by atoms with van der Waals surface area (Å²) in [5.41, 5.74) is 0.746. The van der Waals surface area contributed by atoms with Crippen molar-refractivity contribution in [2.45, 2.75) is 25.8 Å². The maximum Gasteiger partial charge on any atom is 0.227 e. The van der Waals surface area contributed by atoms with Crippen LogP contribution in [0.1, 0.15) is 19.5 Å². The van der Waals surface area contributed by atoms with Crippen LogP contribution < -0.4 is 5.32 Å². The lowest BCUT2D eigenvalue weighted by molar-refractivity contribution is -0.121. The molecule has 0 atom stereocenters. The van der Waals surface area contributed by atoms with E-state index in [1.54, 1.807) is 24.6 Å². The van der Waals surface area contributed by atoms with E-state index in [1.807, 2.05) is 42.6 Å². The summed E-state index contributed by atoms with van der Waals surface area (Å²) < 4.78 is 1.72. The number of carbonyl (C=O) groups is 1. The van der Waals surface area contributed by atoms with Crippen LogP contribution in [0.2, 0.25) is 0 Å². The number of carbonyl (C=O) groups excluding carboxylic acids is 1. The van der Waals surface area contributed by atoms with E-state index >= 15 is 0 Å². The summed E-state index contributed by atoms with van der Waals surface area (Å²) in [6.45, 7) is 3.32. The van der Waals surface area contributed by atoms with Gasteiger partial charge in [0.1, 0.15) is 5.54 Å². The van der Waals surface area contributed by atoms with Gasteiger partial charge in [-0.05, 0) is 32.0 Å². The second-order valence-corrected chi connectivity index (χ2v) is 5.05. The van der Waals surface area contributed by atoms with Gasteiger partial charge < -0.3 is 5.32 Å². The zero-order valence-corrected chi connectivity index (χ0v) is 11.5. The molecule has 1 heterocycles. The van der Waals surface area contributed by atoms with E-state index in [2.05, 4.69) is 10.4 Å². The van der Waals surface area contributed by atoms with Gasteiger partial charge in [-0.1, -0.05) is 18.2 Å². The first-order valence-electron chi connectivity index (χ1n) is 6.32. The summed E-state index contributed by atoms with van der Waals surface area (Å²) in [5, 5.41) is 15.9. The Morgan fingerprint density at radius 1 is 1.35 bits per heavy atom. The van der Waals surface area contributed by atoms with Crippen molar-refractivity contribution < 1.29 is 4.79 Å². The minimum atomic E-state index is -0.862. The minimum absolute atomic E-state index is 0.158. The summed E-state index contributed by atoms with van der Waals surface area (Å²) in [6, 6.07) is 13.5. The number of nitrogens with zero attached hydrogens (tertiary/aromatic N) is 3. The van der Waals surface area contributed by atoms with Crippen LogP contribution in [0.15, 0.2) is 42.6 Å². The summed E-state index contributed by atoms with van der Waals surface area (Å²) in [7, 11) is 0. The van der Waals surface area contributed by atoms with Crippen molar-refractivity contribution in [3.8, 4) is 11.8 Å². The van der Waals surface area contributed by atoms with E-state index < -0.39 is 5.54 Å². The Kier molecular flexibility index (Phi) is 3.85. The molecule has 102 valence electrons. The normalized spacial score (nSPS) is 10.8. The molecule has 0 unspecified atom stereocenters. The quantitative estimate of drug-likeness (QED) is 0.919. The van der Waals surface area contributed by atoms with Crippen LogP contribution in [0, 0.1) is 11.3 Å². The van der Waals surface area contributed by atoms with Crippen molar-refractivity contribution in [1.82, 2.24) is 15.1 Å². The van der Waals surface area contributed by atoms with Crippen LogP contribution in [0.4, 0.5) is 0 Å². The van der Waals surface area contributed by atoms with E-state index in [9.17, 15) is 4.79 Å². The second kappa shape index (κ2) is 5.57. The molecule has 1 amide bonds. The monoisotopic (exact) mass is 268 g/mol. The Hall–Kier alpha value is -2.61. The Labute approximate surface area is 117 Å². The molecule has 1 aromatic heterocycles. The number of nitriles is 1. The maximum atomic E-state index is 11.8. The van der Waals surface area contributed by atoms with Crippen LogP contribution in [-0.4, -0.2) is 21.2 Å². The fourth-order valence-electron chi connectivity index (χ4n) is 1.77. The van der Waals surface area contributed by atoms with Crippen LogP contribution in [-0.2, 0) is 11.2 Å². The van der Waals surface area contributed by atoms with Crippen LogP contribution in [0.5, 0.6) is 0 Å². The molecule has 0 saturated heterocycles. The van der Waals surface area contributed by atoms with Gasteiger partial charge in [0.15, 0.2) is 0 Å². The number of rotatable bonds is 4. The summed E-state index contributed by atoms with van der Waals surface area (Å²) in [6.07, 6.45) is 1.97. The van der Waals surface area contributed by atoms with Gasteiger partial charge in [-0.25, -0.2) is 4.68 Å². The second-order valence-electron chi connectivity index (χ2n) is 5.05. The average Bonchev–Trinajstić information content (AvgIpc) is 2.87. The van der Waals surface area contributed by atoms with Crippen LogP contribution >= 0.6 is 0 Å². The standard InChI is InChI=1S/C15H16N4O/c1-15(2,11-16)17-14(20)10-12-8-9-19(18-12)13-6-4-3-5-7-13/h3-9H,10H2,1-2H3,(H,17,20). The Morgan fingerprint density at radius 3 is 2.70 bits per heavy atom. The predicted molar refractivity (Wildman–Crippen MR) is 75.1 cm³/mol. The lowest BCUT2D eigenvalue weighted by atomic mass is 10.1. The molecule has 0 radical (unpaired) electrons. The molecular weight excluding hydrogens is 252 g/mol. The SMILES string of the molecule is CC(C)(C#N)NC(=O)Cc1ccn(-c2ccccc2)n1. The van der Waals surface area contributed by atoms with Gasteiger partial charge >= 0.3 is 0 Å². The first-order chi connectivity index (χ1) is 9.50. The van der Waals surface area contributed by atoms with Crippen LogP contribution in [0.25, 0.3) is 5.69 Å². The molecular formula is C15H16N4O. The van der Waals surface area contributed by atoms with E-state index in [0.717, 1.165) is 5.69 Å². The molecule has 1 N–H and O–H groups in total. The molecule has 20 heavy (non-hydrogen) atoms. The van der Waals surface area contributed by atoms with Gasteiger partial charge in [-0.3, -0.25) is 4.79 Å². The molecule has 0 saturated carbocycles. The fraction of sp³-hybridized carbons (Fsp3) is 0.267. The summed E-state index contributed by atoms with van der Waals surface area (Å²) in [4.78, 5) is 11.8. The van der Waals surface area contributed by atoms with Gasteiger partial charge in [0, 0.05) is 6.20 Å². The number of aromatic nitrogens is 2. The molecule has 0 bridgehead atoms. The molecule has 0 aliphatic carbocycles. The van der Waals surface area contributed by atoms with E-state index in [4.69, 9.17) is 5.26 Å². The highest BCUT2D eigenvalue weighted by Gasteiger charge is 2.19. The van der Waals surface area contributed by atoms with Crippen molar-refractivity contribution in [2.75, 3.05) is 0 Å². The molecule has 0 aliphatic heterocycles. The molecule has 1 aromatic carbocycles. The summed E-state index contributed by atoms with van der Waals surface area (Å²) in [5.74, 6) is -0.213. The zero-order valence-electron chi connectivity index (χ0n) is 11.5. The van der Waals surface area contributed by atoms with Crippen molar-refractivity contribution in [3.63, 3.8) is 0 Å². The third-order valence-corrected chi connectivity index (χ3v) is 2.74. The highest BCUT2D eigenvalue weighted by Crippen LogP contribution is 2.08. The van der Waals surface area contributed by atoms with Crippen molar-refractivity contribution in [1.29, 1.82) is 5.26 Å². The predicted octanol–water partition coefficient (Wildman–Crippen LogP) is 1.83. The Morgan fingerprint density at radius 2 is 2.05 bits per heavy atom. The third kappa shape index (κ3) is 3.45. The summed E-state index contributed by atoms with van der Waals surface area (Å²) >= 11 is 0.